The van der Waals surface area contributed by atoms with Crippen molar-refractivity contribution in [3.8, 4) is 0 Å². The van der Waals surface area contributed by atoms with Crippen molar-refractivity contribution in [2.75, 3.05) is 0 Å². The molecule has 0 spiro atoms. The maximum atomic E-state index is 10.7. The summed E-state index contributed by atoms with van der Waals surface area (Å²) in [5, 5.41) is 1.81. The van der Waals surface area contributed by atoms with Gasteiger partial charge in [0.25, 0.3) is 0 Å². The van der Waals surface area contributed by atoms with E-state index in [1.54, 1.807) is 5.32 Å². The number of carbonyl (C=O) groups is 4. The fourth-order valence-electron chi connectivity index (χ4n) is 0.666. The minimum atomic E-state index is -0.985. The molecule has 6 nitrogen and oxygen atoms in total. The molecule has 1 N–H and O–H groups in total. The largest absolute Gasteiger partial charge is 0.337 e. The zero-order valence-electron chi connectivity index (χ0n) is 5.36. The lowest BCUT2D eigenvalue weighted by atomic mass is 10.3. The summed E-state index contributed by atoms with van der Waals surface area (Å²) in [6.07, 6.45) is -0.380. The van der Waals surface area contributed by atoms with E-state index in [9.17, 15) is 19.2 Å². The average Bonchev–Trinajstić information content (AvgIpc) is 1.85. The molecule has 0 saturated carbocycles. The van der Waals surface area contributed by atoms with Gasteiger partial charge in [0, 0.05) is 0 Å². The van der Waals surface area contributed by atoms with Crippen LogP contribution in [0.5, 0.6) is 0 Å². The molecule has 1 rings (SSSR count). The van der Waals surface area contributed by atoms with Crippen LogP contribution >= 0.6 is 0 Å². The highest BCUT2D eigenvalue weighted by Gasteiger charge is 2.30. The van der Waals surface area contributed by atoms with E-state index < -0.39 is 24.3 Å². The van der Waals surface area contributed by atoms with Crippen LogP contribution in [0.2, 0.25) is 0 Å². The fraction of sp³-hybridized carbons (Fsp3) is 0.200. The molecule has 6 heteroatoms. The molecule has 11 heavy (non-hydrogen) atoms. The van der Waals surface area contributed by atoms with Crippen LogP contribution in [0, 0.1) is 0 Å². The number of urea groups is 1. The van der Waals surface area contributed by atoms with Crippen molar-refractivity contribution in [1.29, 1.82) is 0 Å². The Kier molecular flexibility index (Phi) is 1.67. The first-order valence-corrected chi connectivity index (χ1v) is 2.76. The molecule has 0 radical (unpaired) electrons. The van der Waals surface area contributed by atoms with E-state index in [1.807, 2.05) is 0 Å². The van der Waals surface area contributed by atoms with Crippen molar-refractivity contribution in [2.24, 2.45) is 0 Å². The molecule has 0 aliphatic carbocycles. The van der Waals surface area contributed by atoms with Crippen molar-refractivity contribution in [3.05, 3.63) is 0 Å². The molecule has 5 amide bonds. The molecule has 1 aliphatic rings. The van der Waals surface area contributed by atoms with Gasteiger partial charge in [-0.3, -0.25) is 19.7 Å². The van der Waals surface area contributed by atoms with Crippen molar-refractivity contribution < 1.29 is 19.2 Å². The molecule has 1 saturated heterocycles. The predicted octanol–water partition coefficient (Wildman–Crippen LogP) is -1.39. The van der Waals surface area contributed by atoms with Crippen molar-refractivity contribution in [2.45, 2.75) is 6.42 Å². The van der Waals surface area contributed by atoms with Crippen molar-refractivity contribution in [1.82, 2.24) is 10.2 Å². The van der Waals surface area contributed by atoms with Crippen LogP contribution in [0.15, 0.2) is 0 Å². The van der Waals surface area contributed by atoms with Crippen LogP contribution in [0.25, 0.3) is 0 Å². The van der Waals surface area contributed by atoms with E-state index in [1.165, 1.54) is 0 Å². The van der Waals surface area contributed by atoms with Gasteiger partial charge in [-0.1, -0.05) is 0 Å². The van der Waals surface area contributed by atoms with Gasteiger partial charge in [-0.25, -0.2) is 9.69 Å². The maximum absolute atomic E-state index is 10.7. The maximum Gasteiger partial charge on any atom is 0.337 e. The summed E-state index contributed by atoms with van der Waals surface area (Å²) in [6.45, 7) is 0. The van der Waals surface area contributed by atoms with E-state index in [0.717, 1.165) is 0 Å². The molecule has 1 heterocycles. The number of hydrogen-bond acceptors (Lipinski definition) is 4. The summed E-state index contributed by atoms with van der Waals surface area (Å²) in [5.41, 5.74) is 0. The Hall–Kier alpha value is -1.72. The third kappa shape index (κ3) is 1.23. The van der Waals surface area contributed by atoms with Gasteiger partial charge < -0.3 is 0 Å². The third-order valence-corrected chi connectivity index (χ3v) is 1.15. The third-order valence-electron chi connectivity index (χ3n) is 1.15. The number of imide groups is 4. The van der Waals surface area contributed by atoms with E-state index in [4.69, 9.17) is 0 Å². The Bertz CT molecular complexity index is 227. The van der Waals surface area contributed by atoms with Crippen LogP contribution in [0.1, 0.15) is 6.42 Å². The number of nitrogens with one attached hydrogen (secondary N) is 1. The minimum Gasteiger partial charge on any atom is -0.278 e. The minimum absolute atomic E-state index is 0.0735. The van der Waals surface area contributed by atoms with Gasteiger partial charge in [0.1, 0.15) is 6.42 Å². The van der Waals surface area contributed by atoms with E-state index in [2.05, 4.69) is 0 Å². The Morgan fingerprint density at radius 3 is 2.45 bits per heavy atom. The Morgan fingerprint density at radius 1 is 1.36 bits per heavy atom. The zero-order chi connectivity index (χ0) is 8.43. The summed E-state index contributed by atoms with van der Waals surface area (Å²) < 4.78 is 0. The molecule has 0 unspecified atom stereocenters. The van der Waals surface area contributed by atoms with Gasteiger partial charge in [0.05, 0.1) is 0 Å². The number of hydrogen-bond donors (Lipinski definition) is 1. The van der Waals surface area contributed by atoms with Crippen LogP contribution in [0.4, 0.5) is 4.79 Å². The topological polar surface area (TPSA) is 83.6 Å². The summed E-state index contributed by atoms with van der Waals surface area (Å²) in [6, 6.07) is -0.985. The second kappa shape index (κ2) is 2.49. The molecular formula is C5H4N2O4. The van der Waals surface area contributed by atoms with Gasteiger partial charge in [-0.15, -0.1) is 0 Å². The molecule has 0 atom stereocenters. The summed E-state index contributed by atoms with van der Waals surface area (Å²) in [4.78, 5) is 42.0. The average molecular weight is 156 g/mol. The molecule has 0 aromatic heterocycles. The number of carbonyl (C=O) groups excluding carboxylic acids is 4. The smallest absolute Gasteiger partial charge is 0.278 e. The lowest BCUT2D eigenvalue weighted by Gasteiger charge is -2.17. The van der Waals surface area contributed by atoms with Gasteiger partial charge >= 0.3 is 6.03 Å². The van der Waals surface area contributed by atoms with E-state index in [0.29, 0.717) is 4.90 Å². The fourth-order valence-corrected chi connectivity index (χ4v) is 0.666. The van der Waals surface area contributed by atoms with Gasteiger partial charge in [-0.2, -0.15) is 0 Å². The van der Waals surface area contributed by atoms with Crippen LogP contribution < -0.4 is 5.32 Å². The predicted molar refractivity (Wildman–Crippen MR) is 31.1 cm³/mol. The molecule has 0 aromatic carbocycles. The number of barbiturate groups is 1. The van der Waals surface area contributed by atoms with Crippen LogP contribution in [-0.2, 0) is 14.4 Å². The van der Waals surface area contributed by atoms with Crippen LogP contribution in [-0.4, -0.2) is 29.2 Å². The molecule has 0 aromatic rings. The lowest BCUT2D eigenvalue weighted by Crippen LogP contribution is -2.51. The first-order chi connectivity index (χ1) is 5.15. The quantitative estimate of drug-likeness (QED) is 0.374. The number of amides is 5. The van der Waals surface area contributed by atoms with Gasteiger partial charge in [-0.05, 0) is 0 Å². The molecule has 0 bridgehead atoms. The Labute approximate surface area is 61.1 Å². The lowest BCUT2D eigenvalue weighted by molar-refractivity contribution is -0.139. The molecule has 1 aliphatic heterocycles. The highest BCUT2D eigenvalue weighted by atomic mass is 16.2. The number of rotatable bonds is 1. The Balaban J connectivity index is 2.82. The van der Waals surface area contributed by atoms with Crippen LogP contribution in [0.3, 0.4) is 0 Å². The van der Waals surface area contributed by atoms with Crippen molar-refractivity contribution >= 4 is 24.3 Å². The SMILES string of the molecule is O=CN1C(=O)CC(=O)NC1=O. The second-order valence-electron chi connectivity index (χ2n) is 1.90. The number of nitrogens with zero attached hydrogens (tertiary/aromatic N) is 1. The first-order valence-electron chi connectivity index (χ1n) is 2.76. The summed E-state index contributed by atoms with van der Waals surface area (Å²) in [7, 11) is 0. The second-order valence-corrected chi connectivity index (χ2v) is 1.90. The molecule has 58 valence electrons. The zero-order valence-corrected chi connectivity index (χ0v) is 5.36. The van der Waals surface area contributed by atoms with E-state index in [-0.39, 0.29) is 6.41 Å². The Morgan fingerprint density at radius 2 is 2.00 bits per heavy atom. The summed E-state index contributed by atoms with van der Waals surface area (Å²) >= 11 is 0. The highest BCUT2D eigenvalue weighted by molar-refractivity contribution is 6.18. The molecule has 1 fully saturated rings. The molecular weight excluding hydrogens is 152 g/mol. The highest BCUT2D eigenvalue weighted by Crippen LogP contribution is 1.98. The first kappa shape index (κ1) is 7.39. The standard InChI is InChI=1S/C5H4N2O4/c8-2-7-4(10)1-3(9)6-5(7)11/h2H,1H2,(H,6,9,11). The monoisotopic (exact) mass is 156 g/mol. The van der Waals surface area contributed by atoms with E-state index >= 15 is 0 Å². The van der Waals surface area contributed by atoms with Gasteiger partial charge in [0.2, 0.25) is 18.2 Å². The normalized spacial score (nSPS) is 18.2. The summed E-state index contributed by atoms with van der Waals surface area (Å²) in [5.74, 6) is -1.48. The van der Waals surface area contributed by atoms with Crippen molar-refractivity contribution in [3.63, 3.8) is 0 Å². The van der Waals surface area contributed by atoms with Gasteiger partial charge in [0.15, 0.2) is 0 Å².